The fraction of sp³-hybridized carbons (Fsp3) is 0.490. The monoisotopic (exact) mass is 732 g/mol. The van der Waals surface area contributed by atoms with Crippen molar-refractivity contribution >= 4 is 35.1 Å². The van der Waals surface area contributed by atoms with Crippen molar-refractivity contribution in [3.8, 4) is 0 Å². The van der Waals surface area contributed by atoms with Gasteiger partial charge < -0.3 is 0 Å². The molecular formula is C51H71O3. The van der Waals surface area contributed by atoms with Crippen LogP contribution in [-0.2, 0) is 27.2 Å². The van der Waals surface area contributed by atoms with E-state index in [9.17, 15) is 14.4 Å². The lowest BCUT2D eigenvalue weighted by Gasteiger charge is -2.27. The van der Waals surface area contributed by atoms with E-state index in [1.807, 2.05) is 37.3 Å². The van der Waals surface area contributed by atoms with Crippen molar-refractivity contribution in [1.82, 2.24) is 0 Å². The first-order chi connectivity index (χ1) is 26.0. The number of aryl methyl sites for hydroxylation is 1. The van der Waals surface area contributed by atoms with E-state index in [1.54, 1.807) is 0 Å². The topological polar surface area (TPSA) is 51.2 Å². The summed E-state index contributed by atoms with van der Waals surface area (Å²) in [6, 6.07) is 14.6. The highest BCUT2D eigenvalue weighted by atomic mass is 16.1. The van der Waals surface area contributed by atoms with Gasteiger partial charge in [0.25, 0.3) is 0 Å². The molecule has 3 nitrogen and oxygen atoms in total. The number of hydrogen-bond donors (Lipinski definition) is 0. The molecule has 0 bridgehead atoms. The van der Waals surface area contributed by atoms with E-state index in [0.29, 0.717) is 37.9 Å². The van der Waals surface area contributed by atoms with Gasteiger partial charge in [-0.25, -0.2) is 0 Å². The maximum Gasteiger partial charge on any atom is 0.166 e. The van der Waals surface area contributed by atoms with Crippen LogP contribution in [0.2, 0.25) is 0 Å². The van der Waals surface area contributed by atoms with Crippen LogP contribution in [-0.4, -0.2) is 17.3 Å². The van der Waals surface area contributed by atoms with E-state index in [1.165, 1.54) is 22.3 Å². The number of carbonyl (C=O) groups is 3. The minimum absolute atomic E-state index is 0. The van der Waals surface area contributed by atoms with E-state index in [0.717, 1.165) is 111 Å². The molecule has 0 heterocycles. The zero-order valence-corrected chi connectivity index (χ0v) is 34.1. The molecule has 0 saturated heterocycles. The van der Waals surface area contributed by atoms with Crippen molar-refractivity contribution in [1.29, 1.82) is 0 Å². The Kier molecular flexibility index (Phi) is 16.9. The molecule has 1 saturated carbocycles. The third-order valence-corrected chi connectivity index (χ3v) is 12.1. The Hall–Kier alpha value is -3.85. The lowest BCUT2D eigenvalue weighted by molar-refractivity contribution is -0.123. The molecule has 0 amide bonds. The average Bonchev–Trinajstić information content (AvgIpc) is 4.03. The number of carbonyl (C=O) groups excluding carboxylic acids is 3. The van der Waals surface area contributed by atoms with Crippen molar-refractivity contribution in [2.24, 2.45) is 17.3 Å². The highest BCUT2D eigenvalue weighted by Gasteiger charge is 2.33. The molecule has 0 N–H and O–H groups in total. The van der Waals surface area contributed by atoms with Gasteiger partial charge in [-0.3, -0.25) is 14.4 Å². The zero-order chi connectivity index (χ0) is 39.1. The molecule has 2 aromatic carbocycles. The molecular weight excluding hydrogens is 661 g/mol. The second-order valence-corrected chi connectivity index (χ2v) is 16.4. The Morgan fingerprint density at radius 1 is 0.963 bits per heavy atom. The molecule has 4 rings (SSSR count). The Bertz CT molecular complexity index is 1830. The van der Waals surface area contributed by atoms with Crippen LogP contribution in [0.4, 0.5) is 0 Å². The normalized spacial score (nSPS) is 19.9. The molecule has 2 aliphatic rings. The second kappa shape index (κ2) is 21.3. The van der Waals surface area contributed by atoms with Gasteiger partial charge in [0.1, 0.15) is 11.6 Å². The molecule has 54 heavy (non-hydrogen) atoms. The molecule has 2 aliphatic carbocycles. The summed E-state index contributed by atoms with van der Waals surface area (Å²) in [4.78, 5) is 40.9. The molecule has 0 aromatic heterocycles. The minimum atomic E-state index is 0. The molecule has 293 valence electrons. The van der Waals surface area contributed by atoms with Crippen molar-refractivity contribution in [3.05, 3.63) is 119 Å². The first-order valence-corrected chi connectivity index (χ1v) is 21.0. The predicted molar refractivity (Wildman–Crippen MR) is 233 cm³/mol. The molecule has 3 unspecified atom stereocenters. The summed E-state index contributed by atoms with van der Waals surface area (Å²) in [7, 11) is 0. The molecule has 3 heteroatoms. The third kappa shape index (κ3) is 12.3. The summed E-state index contributed by atoms with van der Waals surface area (Å²) in [6.07, 6.45) is 23.5. The summed E-state index contributed by atoms with van der Waals surface area (Å²) in [6.45, 7) is 20.9. The van der Waals surface area contributed by atoms with Crippen LogP contribution in [0, 0.1) is 23.7 Å². The number of ketones is 3. The Morgan fingerprint density at radius 3 is 2.41 bits per heavy atom. The van der Waals surface area contributed by atoms with Gasteiger partial charge in [-0.15, -0.1) is 13.2 Å². The van der Waals surface area contributed by atoms with E-state index in [4.69, 9.17) is 0 Å². The molecule has 1 radical (unpaired) electrons. The Balaban J connectivity index is 0.00000541. The van der Waals surface area contributed by atoms with Crippen LogP contribution in [0.5, 0.6) is 0 Å². The van der Waals surface area contributed by atoms with Crippen molar-refractivity contribution in [2.75, 3.05) is 0 Å². The van der Waals surface area contributed by atoms with Gasteiger partial charge in [-0.05, 0) is 134 Å². The molecule has 0 spiro atoms. The lowest BCUT2D eigenvalue weighted by Crippen LogP contribution is -2.32. The van der Waals surface area contributed by atoms with Crippen molar-refractivity contribution in [2.45, 2.75) is 143 Å². The quantitative estimate of drug-likeness (QED) is 0.0844. The first-order valence-electron chi connectivity index (χ1n) is 21.0. The van der Waals surface area contributed by atoms with Crippen molar-refractivity contribution < 1.29 is 17.2 Å². The fourth-order valence-electron chi connectivity index (χ4n) is 8.59. The van der Waals surface area contributed by atoms with Gasteiger partial charge in [0.2, 0.25) is 0 Å². The lowest BCUT2D eigenvalue weighted by atomic mass is 9.77. The molecule has 2 aromatic rings. The maximum atomic E-state index is 14.8. The van der Waals surface area contributed by atoms with Crippen LogP contribution in [0.25, 0.3) is 17.7 Å². The fourth-order valence-corrected chi connectivity index (χ4v) is 8.59. The Morgan fingerprint density at radius 2 is 1.72 bits per heavy atom. The second-order valence-electron chi connectivity index (χ2n) is 16.4. The standard InChI is InChI=1S/C51H67O3.2H2/c1-8-12-20-43(48(53)11-4)36-42-27-25-39(35-47(42)40-28-29-40)26-30-44(52)22-16-24-46(37(5)18-10-3)49(45-23-15-14-19-38(45)6)50(54)41-21-17-33-51(7,34-31-41)32-13-9-2;;/h8-9,14-15,19,23,25,27-29,35,41,43H,1-2,6,10-13,16-18,20-22,24,26,30-34,36H2,3-5,7H3;2*1H/b46-37+,49-45+;;. The number of Topliss-reactive ketones (excluding diaryl/α,β-unsaturated/α-hetero) is 3. The predicted octanol–water partition coefficient (Wildman–Crippen LogP) is 12.1. The smallest absolute Gasteiger partial charge is 0.166 e. The Labute approximate surface area is 330 Å². The maximum absolute atomic E-state index is 14.8. The van der Waals surface area contributed by atoms with E-state index in [2.05, 4.69) is 77.3 Å². The third-order valence-electron chi connectivity index (χ3n) is 12.1. The first kappa shape index (κ1) is 42.9. The summed E-state index contributed by atoms with van der Waals surface area (Å²) in [5.74, 6) is 0.844. The summed E-state index contributed by atoms with van der Waals surface area (Å²) in [5, 5.41) is 1.84. The van der Waals surface area contributed by atoms with Crippen LogP contribution in [0.15, 0.2) is 85.0 Å². The number of benzene rings is 2. The van der Waals surface area contributed by atoms with Gasteiger partial charge in [0, 0.05) is 45.9 Å². The van der Waals surface area contributed by atoms with Crippen molar-refractivity contribution in [3.63, 3.8) is 0 Å². The summed E-state index contributed by atoms with van der Waals surface area (Å²) in [5.41, 5.74) is 8.28. The van der Waals surface area contributed by atoms with Crippen LogP contribution in [0.1, 0.15) is 150 Å². The molecule has 1 fully saturated rings. The van der Waals surface area contributed by atoms with Gasteiger partial charge in [-0.2, -0.15) is 0 Å². The van der Waals surface area contributed by atoms with Gasteiger partial charge >= 0.3 is 0 Å². The van der Waals surface area contributed by atoms with Gasteiger partial charge in [-0.1, -0.05) is 106 Å². The number of hydrogen-bond acceptors (Lipinski definition) is 3. The summed E-state index contributed by atoms with van der Waals surface area (Å²) >= 11 is 0. The summed E-state index contributed by atoms with van der Waals surface area (Å²) < 4.78 is 0. The van der Waals surface area contributed by atoms with E-state index < -0.39 is 0 Å². The van der Waals surface area contributed by atoms with Crippen LogP contribution in [0.3, 0.4) is 0 Å². The zero-order valence-electron chi connectivity index (χ0n) is 34.1. The van der Waals surface area contributed by atoms with Crippen LogP contribution < -0.4 is 10.4 Å². The SMILES string of the molecule is C=CCCC(Cc1ccc(CCC(=O)CCCC(=C(/C)CCC)/C(C(=O)C2CCCC(C)(CCC=C)CC2)=c2/ccccc2=C)cc1C1=C[CH]1)C(=O)CC.[HH].[HH]. The number of allylic oxidation sites excluding steroid dienone is 6. The van der Waals surface area contributed by atoms with Crippen LogP contribution >= 0.6 is 0 Å². The van der Waals surface area contributed by atoms with E-state index in [-0.39, 0.29) is 31.7 Å². The van der Waals surface area contributed by atoms with Gasteiger partial charge in [0.05, 0.1) is 0 Å². The highest BCUT2D eigenvalue weighted by Crippen LogP contribution is 2.42. The number of rotatable bonds is 23. The molecule has 0 aliphatic heterocycles. The van der Waals surface area contributed by atoms with Gasteiger partial charge in [0.15, 0.2) is 5.78 Å². The largest absolute Gasteiger partial charge is 0.300 e. The molecule has 3 atom stereocenters. The highest BCUT2D eigenvalue weighted by molar-refractivity contribution is 6.21. The van der Waals surface area contributed by atoms with E-state index >= 15 is 0 Å². The average molecular weight is 732 g/mol. The minimum Gasteiger partial charge on any atom is -0.300 e.